The first-order chi connectivity index (χ1) is 7.18. The predicted octanol–water partition coefficient (Wildman–Crippen LogP) is 2.48. The van der Waals surface area contributed by atoms with Crippen LogP contribution in [0.5, 0.6) is 0 Å². The van der Waals surface area contributed by atoms with Crippen molar-refractivity contribution in [1.29, 1.82) is 0 Å². The van der Waals surface area contributed by atoms with Crippen LogP contribution in [-0.4, -0.2) is 12.5 Å². The number of carbonyl (C=O) groups is 1. The van der Waals surface area contributed by atoms with Gasteiger partial charge in [-0.2, -0.15) is 0 Å². The highest BCUT2D eigenvalue weighted by Crippen LogP contribution is 2.22. The highest BCUT2D eigenvalue weighted by atomic mass is 19.2. The van der Waals surface area contributed by atoms with E-state index in [4.69, 9.17) is 0 Å². The molecular formula is C11H11F2NO. The number of piperidine rings is 1. The van der Waals surface area contributed by atoms with E-state index in [1.165, 1.54) is 11.0 Å². The molecule has 4 heteroatoms. The molecule has 0 unspecified atom stereocenters. The number of hydrogen-bond acceptors (Lipinski definition) is 1. The fourth-order valence-corrected chi connectivity index (χ4v) is 1.73. The lowest BCUT2D eigenvalue weighted by molar-refractivity contribution is -0.119. The molecule has 1 fully saturated rings. The molecule has 1 heterocycles. The monoisotopic (exact) mass is 211 g/mol. The first-order valence-electron chi connectivity index (χ1n) is 4.94. The number of hydrogen-bond donors (Lipinski definition) is 0. The lowest BCUT2D eigenvalue weighted by atomic mass is 10.1. The molecule has 0 saturated carbocycles. The van der Waals surface area contributed by atoms with Crippen molar-refractivity contribution >= 4 is 11.6 Å². The van der Waals surface area contributed by atoms with E-state index < -0.39 is 11.6 Å². The smallest absolute Gasteiger partial charge is 0.226 e. The average molecular weight is 211 g/mol. The quantitative estimate of drug-likeness (QED) is 0.698. The predicted molar refractivity (Wildman–Crippen MR) is 52.6 cm³/mol. The van der Waals surface area contributed by atoms with Crippen LogP contribution in [0, 0.1) is 11.6 Å². The summed E-state index contributed by atoms with van der Waals surface area (Å²) in [5.41, 5.74) is 0.443. The standard InChI is InChI=1S/C11H11F2NO/c12-9-5-4-8(7-10(9)13)14-6-2-1-3-11(14)15/h4-5,7H,1-3,6H2. The van der Waals surface area contributed by atoms with E-state index in [1.54, 1.807) is 0 Å². The molecule has 1 aliphatic rings. The molecule has 1 aromatic rings. The van der Waals surface area contributed by atoms with E-state index >= 15 is 0 Å². The normalized spacial score (nSPS) is 16.9. The van der Waals surface area contributed by atoms with Gasteiger partial charge in [0.25, 0.3) is 0 Å². The zero-order valence-corrected chi connectivity index (χ0v) is 8.17. The van der Waals surface area contributed by atoms with Crippen LogP contribution in [0.3, 0.4) is 0 Å². The van der Waals surface area contributed by atoms with E-state index in [9.17, 15) is 13.6 Å². The van der Waals surface area contributed by atoms with Crippen molar-refractivity contribution in [3.05, 3.63) is 29.8 Å². The number of nitrogens with zero attached hydrogens (tertiary/aromatic N) is 1. The van der Waals surface area contributed by atoms with Crippen molar-refractivity contribution in [3.63, 3.8) is 0 Å². The van der Waals surface area contributed by atoms with Gasteiger partial charge in [0.1, 0.15) is 0 Å². The molecule has 0 atom stereocenters. The number of halogens is 2. The van der Waals surface area contributed by atoms with Crippen molar-refractivity contribution in [3.8, 4) is 0 Å². The van der Waals surface area contributed by atoms with E-state index in [1.807, 2.05) is 0 Å². The number of amides is 1. The third kappa shape index (κ3) is 1.98. The molecule has 0 spiro atoms. The van der Waals surface area contributed by atoms with Gasteiger partial charge < -0.3 is 4.90 Å². The molecule has 1 amide bonds. The van der Waals surface area contributed by atoms with Crippen LogP contribution in [0.2, 0.25) is 0 Å². The number of rotatable bonds is 1. The van der Waals surface area contributed by atoms with Crippen molar-refractivity contribution < 1.29 is 13.6 Å². The van der Waals surface area contributed by atoms with Crippen LogP contribution >= 0.6 is 0 Å². The summed E-state index contributed by atoms with van der Waals surface area (Å²) in [6.45, 7) is 0.587. The topological polar surface area (TPSA) is 20.3 Å². The maximum absolute atomic E-state index is 12.9. The Kier molecular flexibility index (Phi) is 2.66. The molecular weight excluding hydrogens is 200 g/mol. The molecule has 0 radical (unpaired) electrons. The van der Waals surface area contributed by atoms with E-state index in [0.29, 0.717) is 18.7 Å². The summed E-state index contributed by atoms with van der Waals surface area (Å²) in [5.74, 6) is -1.82. The van der Waals surface area contributed by atoms with E-state index in [0.717, 1.165) is 25.0 Å². The van der Waals surface area contributed by atoms with Crippen LogP contribution in [0.25, 0.3) is 0 Å². The van der Waals surface area contributed by atoms with Gasteiger partial charge in [0.2, 0.25) is 5.91 Å². The lowest BCUT2D eigenvalue weighted by Gasteiger charge is -2.26. The second-order valence-electron chi connectivity index (χ2n) is 3.60. The minimum Gasteiger partial charge on any atom is -0.312 e. The molecule has 80 valence electrons. The Morgan fingerprint density at radius 2 is 1.93 bits per heavy atom. The van der Waals surface area contributed by atoms with Gasteiger partial charge in [-0.3, -0.25) is 4.79 Å². The Morgan fingerprint density at radius 1 is 1.13 bits per heavy atom. The van der Waals surface area contributed by atoms with Crippen LogP contribution in [0.4, 0.5) is 14.5 Å². The van der Waals surface area contributed by atoms with Gasteiger partial charge >= 0.3 is 0 Å². The Balaban J connectivity index is 2.28. The molecule has 2 nitrogen and oxygen atoms in total. The Morgan fingerprint density at radius 3 is 2.60 bits per heavy atom. The summed E-state index contributed by atoms with van der Waals surface area (Å²) in [6.07, 6.45) is 2.27. The van der Waals surface area contributed by atoms with Crippen molar-refractivity contribution in [2.45, 2.75) is 19.3 Å². The maximum atomic E-state index is 12.9. The molecule has 0 aliphatic carbocycles. The summed E-state index contributed by atoms with van der Waals surface area (Å²) >= 11 is 0. The Hall–Kier alpha value is -1.45. The SMILES string of the molecule is O=C1CCCCN1c1ccc(F)c(F)c1. The molecule has 1 saturated heterocycles. The van der Waals surface area contributed by atoms with E-state index in [2.05, 4.69) is 0 Å². The first kappa shape index (κ1) is 10.1. The van der Waals surface area contributed by atoms with Crippen molar-refractivity contribution in [2.24, 2.45) is 0 Å². The second kappa shape index (κ2) is 3.96. The lowest BCUT2D eigenvalue weighted by Crippen LogP contribution is -2.35. The molecule has 1 aromatic carbocycles. The van der Waals surface area contributed by atoms with Gasteiger partial charge in [-0.1, -0.05) is 0 Å². The maximum Gasteiger partial charge on any atom is 0.226 e. The van der Waals surface area contributed by atoms with Gasteiger partial charge in [-0.15, -0.1) is 0 Å². The molecule has 2 rings (SSSR count). The molecule has 0 aromatic heterocycles. The molecule has 0 N–H and O–H groups in total. The fourth-order valence-electron chi connectivity index (χ4n) is 1.73. The van der Waals surface area contributed by atoms with Gasteiger partial charge in [-0.25, -0.2) is 8.78 Å². The third-order valence-corrected chi connectivity index (χ3v) is 2.54. The number of carbonyl (C=O) groups excluding carboxylic acids is 1. The fraction of sp³-hybridized carbons (Fsp3) is 0.364. The number of anilines is 1. The minimum absolute atomic E-state index is 0.0211. The summed E-state index contributed by atoms with van der Waals surface area (Å²) < 4.78 is 25.6. The van der Waals surface area contributed by atoms with Gasteiger partial charge in [0.15, 0.2) is 11.6 Å². The van der Waals surface area contributed by atoms with E-state index in [-0.39, 0.29) is 5.91 Å². The summed E-state index contributed by atoms with van der Waals surface area (Å²) in [7, 11) is 0. The summed E-state index contributed by atoms with van der Waals surface area (Å²) in [4.78, 5) is 13.0. The van der Waals surface area contributed by atoms with Crippen LogP contribution in [0.15, 0.2) is 18.2 Å². The number of benzene rings is 1. The van der Waals surface area contributed by atoms with Crippen molar-refractivity contribution in [1.82, 2.24) is 0 Å². The minimum atomic E-state index is -0.911. The highest BCUT2D eigenvalue weighted by Gasteiger charge is 2.20. The van der Waals surface area contributed by atoms with Crippen molar-refractivity contribution in [2.75, 3.05) is 11.4 Å². The zero-order valence-electron chi connectivity index (χ0n) is 8.17. The van der Waals surface area contributed by atoms with Crippen LogP contribution in [-0.2, 0) is 4.79 Å². The second-order valence-corrected chi connectivity index (χ2v) is 3.60. The molecule has 0 bridgehead atoms. The molecule has 15 heavy (non-hydrogen) atoms. The van der Waals surface area contributed by atoms with Crippen LogP contribution in [0.1, 0.15) is 19.3 Å². The summed E-state index contributed by atoms with van der Waals surface area (Å²) in [5, 5.41) is 0. The van der Waals surface area contributed by atoms with Gasteiger partial charge in [0.05, 0.1) is 0 Å². The average Bonchev–Trinajstić information content (AvgIpc) is 2.23. The first-order valence-corrected chi connectivity index (χ1v) is 4.94. The van der Waals surface area contributed by atoms with Gasteiger partial charge in [-0.05, 0) is 25.0 Å². The highest BCUT2D eigenvalue weighted by molar-refractivity contribution is 5.93. The summed E-state index contributed by atoms with van der Waals surface area (Å²) in [6, 6.07) is 3.55. The van der Waals surface area contributed by atoms with Gasteiger partial charge in [0, 0.05) is 24.7 Å². The molecule has 1 aliphatic heterocycles. The Labute approximate surface area is 86.5 Å². The largest absolute Gasteiger partial charge is 0.312 e. The Bertz CT molecular complexity index is 392. The zero-order chi connectivity index (χ0) is 10.8. The third-order valence-electron chi connectivity index (χ3n) is 2.54. The van der Waals surface area contributed by atoms with Crippen LogP contribution < -0.4 is 4.90 Å².